The van der Waals surface area contributed by atoms with Crippen LogP contribution in [0.5, 0.6) is 0 Å². The van der Waals surface area contributed by atoms with Crippen molar-refractivity contribution in [3.8, 4) is 0 Å². The summed E-state index contributed by atoms with van der Waals surface area (Å²) in [5, 5.41) is 3.65. The molecule has 1 atom stereocenters. The summed E-state index contributed by atoms with van der Waals surface area (Å²) in [5.74, 6) is 1.93. The van der Waals surface area contributed by atoms with Gasteiger partial charge in [-0.05, 0) is 55.9 Å². The molecule has 114 valence electrons. The fourth-order valence-electron chi connectivity index (χ4n) is 3.80. The van der Waals surface area contributed by atoms with E-state index in [1.165, 1.54) is 64.3 Å². The van der Waals surface area contributed by atoms with Crippen molar-refractivity contribution in [3.05, 3.63) is 0 Å². The van der Waals surface area contributed by atoms with Crippen LogP contribution in [0, 0.1) is 17.3 Å². The molecule has 1 aliphatic rings. The summed E-state index contributed by atoms with van der Waals surface area (Å²) in [6, 6.07) is 0. The van der Waals surface area contributed by atoms with Crippen molar-refractivity contribution in [3.63, 3.8) is 0 Å². The Labute approximate surface area is 121 Å². The van der Waals surface area contributed by atoms with Crippen LogP contribution in [0.25, 0.3) is 0 Å². The molecule has 1 unspecified atom stereocenters. The average molecular weight is 268 g/mol. The summed E-state index contributed by atoms with van der Waals surface area (Å²) in [6.07, 6.45) is 13.0. The molecule has 0 heterocycles. The Bertz CT molecular complexity index is 216. The third kappa shape index (κ3) is 5.85. The SMILES string of the molecule is CCCCC1CCC(CNCC)(CC(C)CC)CC1. The second kappa shape index (κ2) is 9.00. The highest BCUT2D eigenvalue weighted by molar-refractivity contribution is 4.88. The number of hydrogen-bond donors (Lipinski definition) is 1. The highest BCUT2D eigenvalue weighted by Gasteiger charge is 2.35. The summed E-state index contributed by atoms with van der Waals surface area (Å²) in [5.41, 5.74) is 0.619. The maximum absolute atomic E-state index is 3.65. The average Bonchev–Trinajstić information content (AvgIpc) is 2.44. The van der Waals surface area contributed by atoms with E-state index in [1.807, 2.05) is 0 Å². The van der Waals surface area contributed by atoms with Crippen molar-refractivity contribution in [2.24, 2.45) is 17.3 Å². The predicted molar refractivity (Wildman–Crippen MR) is 86.5 cm³/mol. The van der Waals surface area contributed by atoms with Crippen LogP contribution >= 0.6 is 0 Å². The lowest BCUT2D eigenvalue weighted by Crippen LogP contribution is -2.39. The molecule has 0 bridgehead atoms. The molecule has 1 saturated carbocycles. The minimum atomic E-state index is 0.619. The van der Waals surface area contributed by atoms with Gasteiger partial charge in [0.2, 0.25) is 0 Å². The van der Waals surface area contributed by atoms with Gasteiger partial charge in [0.05, 0.1) is 0 Å². The zero-order valence-corrected chi connectivity index (χ0v) is 13.9. The Kier molecular flexibility index (Phi) is 8.06. The molecule has 0 saturated heterocycles. The maximum atomic E-state index is 3.65. The third-order valence-electron chi connectivity index (χ3n) is 5.36. The highest BCUT2D eigenvalue weighted by Crippen LogP contribution is 2.44. The molecule has 1 heteroatoms. The van der Waals surface area contributed by atoms with Gasteiger partial charge < -0.3 is 5.32 Å². The monoisotopic (exact) mass is 267 g/mol. The van der Waals surface area contributed by atoms with Gasteiger partial charge in [-0.15, -0.1) is 0 Å². The highest BCUT2D eigenvalue weighted by atomic mass is 14.9. The van der Waals surface area contributed by atoms with E-state index in [1.54, 1.807) is 0 Å². The standard InChI is InChI=1S/C18H37N/c1-5-8-9-17-10-12-18(13-11-17,15-19-7-3)14-16(4)6-2/h16-17,19H,5-15H2,1-4H3. The van der Waals surface area contributed by atoms with Crippen LogP contribution in [-0.4, -0.2) is 13.1 Å². The van der Waals surface area contributed by atoms with Gasteiger partial charge in [-0.3, -0.25) is 0 Å². The second-order valence-electron chi connectivity index (χ2n) is 7.08. The van der Waals surface area contributed by atoms with E-state index in [4.69, 9.17) is 0 Å². The first kappa shape index (κ1) is 17.0. The first-order valence-electron chi connectivity index (χ1n) is 8.86. The fraction of sp³-hybridized carbons (Fsp3) is 1.00. The molecule has 0 aromatic carbocycles. The van der Waals surface area contributed by atoms with Gasteiger partial charge in [-0.25, -0.2) is 0 Å². The number of hydrogen-bond acceptors (Lipinski definition) is 1. The number of rotatable bonds is 9. The van der Waals surface area contributed by atoms with Gasteiger partial charge in [0.15, 0.2) is 0 Å². The zero-order chi connectivity index (χ0) is 14.1. The Hall–Kier alpha value is -0.0400. The molecule has 0 radical (unpaired) electrons. The van der Waals surface area contributed by atoms with Gasteiger partial charge in [0.25, 0.3) is 0 Å². The number of unbranched alkanes of at least 4 members (excludes halogenated alkanes) is 1. The molecule has 1 rings (SSSR count). The molecule has 0 aliphatic heterocycles. The van der Waals surface area contributed by atoms with E-state index >= 15 is 0 Å². The van der Waals surface area contributed by atoms with Crippen LogP contribution in [0.3, 0.4) is 0 Å². The van der Waals surface area contributed by atoms with Gasteiger partial charge in [0.1, 0.15) is 0 Å². The van der Waals surface area contributed by atoms with Gasteiger partial charge >= 0.3 is 0 Å². The molecule has 0 amide bonds. The van der Waals surface area contributed by atoms with E-state index < -0.39 is 0 Å². The summed E-state index contributed by atoms with van der Waals surface area (Å²) in [7, 11) is 0. The van der Waals surface area contributed by atoms with Crippen LogP contribution < -0.4 is 5.32 Å². The van der Waals surface area contributed by atoms with E-state index in [9.17, 15) is 0 Å². The van der Waals surface area contributed by atoms with Crippen LogP contribution in [0.4, 0.5) is 0 Å². The van der Waals surface area contributed by atoms with Crippen LogP contribution in [-0.2, 0) is 0 Å². The maximum Gasteiger partial charge on any atom is 0.000779 e. The summed E-state index contributed by atoms with van der Waals surface area (Å²) in [6.45, 7) is 11.7. The third-order valence-corrected chi connectivity index (χ3v) is 5.36. The van der Waals surface area contributed by atoms with Crippen molar-refractivity contribution in [2.75, 3.05) is 13.1 Å². The second-order valence-corrected chi connectivity index (χ2v) is 7.08. The van der Waals surface area contributed by atoms with Crippen LogP contribution in [0.1, 0.15) is 85.5 Å². The molecular weight excluding hydrogens is 230 g/mol. The minimum absolute atomic E-state index is 0.619. The van der Waals surface area contributed by atoms with Gasteiger partial charge in [-0.1, -0.05) is 53.4 Å². The minimum Gasteiger partial charge on any atom is -0.316 e. The lowest BCUT2D eigenvalue weighted by atomic mass is 9.65. The fourth-order valence-corrected chi connectivity index (χ4v) is 3.80. The lowest BCUT2D eigenvalue weighted by Gasteiger charge is -2.42. The van der Waals surface area contributed by atoms with Gasteiger partial charge in [-0.2, -0.15) is 0 Å². The summed E-state index contributed by atoms with van der Waals surface area (Å²) in [4.78, 5) is 0. The van der Waals surface area contributed by atoms with E-state index in [-0.39, 0.29) is 0 Å². The Morgan fingerprint density at radius 1 is 1.16 bits per heavy atom. The van der Waals surface area contributed by atoms with E-state index in [0.29, 0.717) is 5.41 Å². The smallest absolute Gasteiger partial charge is 0.000779 e. The first-order chi connectivity index (χ1) is 9.15. The Morgan fingerprint density at radius 2 is 1.84 bits per heavy atom. The Balaban J connectivity index is 2.48. The normalized spacial score (nSPS) is 29.4. The van der Waals surface area contributed by atoms with Crippen molar-refractivity contribution in [1.29, 1.82) is 0 Å². The topological polar surface area (TPSA) is 12.0 Å². The van der Waals surface area contributed by atoms with Gasteiger partial charge in [0, 0.05) is 6.54 Å². The summed E-state index contributed by atoms with van der Waals surface area (Å²) >= 11 is 0. The van der Waals surface area contributed by atoms with Crippen molar-refractivity contribution in [1.82, 2.24) is 5.32 Å². The lowest BCUT2D eigenvalue weighted by molar-refractivity contribution is 0.108. The molecule has 0 aromatic rings. The van der Waals surface area contributed by atoms with Crippen molar-refractivity contribution < 1.29 is 0 Å². The molecule has 0 aromatic heterocycles. The van der Waals surface area contributed by atoms with Crippen LogP contribution in [0.15, 0.2) is 0 Å². The van der Waals surface area contributed by atoms with E-state index in [2.05, 4.69) is 33.0 Å². The molecule has 0 spiro atoms. The van der Waals surface area contributed by atoms with E-state index in [0.717, 1.165) is 18.4 Å². The summed E-state index contributed by atoms with van der Waals surface area (Å²) < 4.78 is 0. The quantitative estimate of drug-likeness (QED) is 0.590. The van der Waals surface area contributed by atoms with Crippen molar-refractivity contribution in [2.45, 2.75) is 85.5 Å². The molecule has 1 nitrogen and oxygen atoms in total. The molecule has 1 fully saturated rings. The Morgan fingerprint density at radius 3 is 2.37 bits per heavy atom. The molecule has 1 N–H and O–H groups in total. The number of nitrogens with one attached hydrogen (secondary N) is 1. The predicted octanol–water partition coefficient (Wildman–Crippen LogP) is 5.40. The first-order valence-corrected chi connectivity index (χ1v) is 8.86. The largest absolute Gasteiger partial charge is 0.316 e. The molecule has 1 aliphatic carbocycles. The zero-order valence-electron chi connectivity index (χ0n) is 13.9. The molecule has 19 heavy (non-hydrogen) atoms. The van der Waals surface area contributed by atoms with Crippen LogP contribution in [0.2, 0.25) is 0 Å². The molecular formula is C18H37N. The van der Waals surface area contributed by atoms with Crippen molar-refractivity contribution >= 4 is 0 Å².